The Morgan fingerprint density at radius 1 is 1.26 bits per heavy atom. The third-order valence-corrected chi connectivity index (χ3v) is 3.80. The number of carbonyl (C=O) groups is 1. The van der Waals surface area contributed by atoms with Gasteiger partial charge in [0.1, 0.15) is 5.76 Å². The van der Waals surface area contributed by atoms with Gasteiger partial charge < -0.3 is 8.83 Å². The summed E-state index contributed by atoms with van der Waals surface area (Å²) >= 11 is 0. The van der Waals surface area contributed by atoms with Gasteiger partial charge in [-0.2, -0.15) is 0 Å². The van der Waals surface area contributed by atoms with E-state index in [-0.39, 0.29) is 5.78 Å². The fourth-order valence-corrected chi connectivity index (χ4v) is 2.89. The molecule has 2 atom stereocenters. The van der Waals surface area contributed by atoms with E-state index < -0.39 is 5.41 Å². The number of hydrogen-bond donors (Lipinski definition) is 0. The Kier molecular flexibility index (Phi) is 2.70. The molecule has 0 radical (unpaired) electrons. The molecule has 0 aliphatic heterocycles. The van der Waals surface area contributed by atoms with Gasteiger partial charge in [-0.15, -0.1) is 0 Å². The molecule has 3 nitrogen and oxygen atoms in total. The predicted molar refractivity (Wildman–Crippen MR) is 71.6 cm³/mol. The van der Waals surface area contributed by atoms with Crippen molar-refractivity contribution in [1.29, 1.82) is 0 Å². The first-order valence-electron chi connectivity index (χ1n) is 6.45. The van der Waals surface area contributed by atoms with Crippen molar-refractivity contribution in [3.8, 4) is 0 Å². The van der Waals surface area contributed by atoms with Gasteiger partial charge in [0, 0.05) is 0 Å². The lowest BCUT2D eigenvalue weighted by atomic mass is 9.82. The molecule has 0 unspecified atom stereocenters. The zero-order chi connectivity index (χ0) is 13.5. The number of hydrogen-bond acceptors (Lipinski definition) is 3. The summed E-state index contributed by atoms with van der Waals surface area (Å²) in [5, 5.41) is 0. The Balaban J connectivity index is 1.96. The van der Waals surface area contributed by atoms with E-state index in [4.69, 9.17) is 8.83 Å². The minimum absolute atomic E-state index is 0.0332. The second kappa shape index (κ2) is 4.26. The largest absolute Gasteiger partial charge is 0.465 e. The summed E-state index contributed by atoms with van der Waals surface area (Å²) in [5.41, 5.74) is 0.590. The normalized spacial score (nSPS) is 26.4. The van der Waals surface area contributed by atoms with Crippen LogP contribution in [0.3, 0.4) is 0 Å². The molecule has 0 aromatic carbocycles. The molecule has 0 amide bonds. The molecule has 0 spiro atoms. The van der Waals surface area contributed by atoms with Crippen LogP contribution in [0.25, 0.3) is 5.57 Å². The number of furan rings is 2. The highest BCUT2D eigenvalue weighted by atomic mass is 16.3. The Morgan fingerprint density at radius 3 is 2.63 bits per heavy atom. The average Bonchev–Trinajstić information content (AvgIpc) is 3.08. The highest BCUT2D eigenvalue weighted by molar-refractivity contribution is 6.01. The minimum Gasteiger partial charge on any atom is -0.465 e. The van der Waals surface area contributed by atoms with Crippen LogP contribution < -0.4 is 0 Å². The molecule has 1 aliphatic carbocycles. The molecule has 2 aromatic rings. The third-order valence-electron chi connectivity index (χ3n) is 3.80. The van der Waals surface area contributed by atoms with Crippen LogP contribution in [0.5, 0.6) is 0 Å². The summed E-state index contributed by atoms with van der Waals surface area (Å²) in [5.74, 6) is 1.61. The second-order valence-electron chi connectivity index (χ2n) is 5.41. The third kappa shape index (κ3) is 1.95. The highest BCUT2D eigenvalue weighted by Gasteiger charge is 2.41. The maximum atomic E-state index is 12.5. The van der Waals surface area contributed by atoms with Gasteiger partial charge >= 0.3 is 0 Å². The second-order valence-corrected chi connectivity index (χ2v) is 5.41. The summed E-state index contributed by atoms with van der Waals surface area (Å²) in [7, 11) is 0. The molecule has 19 heavy (non-hydrogen) atoms. The van der Waals surface area contributed by atoms with E-state index in [9.17, 15) is 4.79 Å². The van der Waals surface area contributed by atoms with Crippen LogP contribution in [-0.4, -0.2) is 5.78 Å². The zero-order valence-corrected chi connectivity index (χ0v) is 11.1. The quantitative estimate of drug-likeness (QED) is 0.773. The van der Waals surface area contributed by atoms with Crippen molar-refractivity contribution in [2.24, 2.45) is 11.3 Å². The highest BCUT2D eigenvalue weighted by Crippen LogP contribution is 2.46. The summed E-state index contributed by atoms with van der Waals surface area (Å²) in [4.78, 5) is 12.5. The van der Waals surface area contributed by atoms with Crippen molar-refractivity contribution < 1.29 is 13.6 Å². The molecule has 1 aliphatic rings. The van der Waals surface area contributed by atoms with E-state index in [1.54, 1.807) is 18.4 Å². The van der Waals surface area contributed by atoms with Gasteiger partial charge in [0.2, 0.25) is 5.78 Å². The first-order valence-corrected chi connectivity index (χ1v) is 6.45. The summed E-state index contributed by atoms with van der Waals surface area (Å²) < 4.78 is 10.7. The van der Waals surface area contributed by atoms with Gasteiger partial charge in [0.15, 0.2) is 5.76 Å². The van der Waals surface area contributed by atoms with Gasteiger partial charge in [-0.1, -0.05) is 13.0 Å². The number of carbonyl (C=O) groups excluding carboxylic acids is 1. The maximum absolute atomic E-state index is 12.5. The van der Waals surface area contributed by atoms with Crippen LogP contribution in [0.4, 0.5) is 0 Å². The maximum Gasteiger partial charge on any atom is 0.207 e. The van der Waals surface area contributed by atoms with Crippen LogP contribution in [0, 0.1) is 11.3 Å². The fraction of sp³-hybridized carbons (Fsp3) is 0.312. The Bertz CT molecular complexity index is 604. The van der Waals surface area contributed by atoms with E-state index in [1.807, 2.05) is 25.1 Å². The molecule has 2 aromatic heterocycles. The molecule has 98 valence electrons. The van der Waals surface area contributed by atoms with Crippen molar-refractivity contribution in [2.75, 3.05) is 0 Å². The zero-order valence-electron chi connectivity index (χ0n) is 11.1. The van der Waals surface area contributed by atoms with Gasteiger partial charge in [0.25, 0.3) is 0 Å². The number of ketones is 1. The number of allylic oxidation sites excluding steroid dienone is 2. The first kappa shape index (κ1) is 12.0. The Labute approximate surface area is 111 Å². The van der Waals surface area contributed by atoms with Crippen LogP contribution in [0.15, 0.2) is 51.7 Å². The lowest BCUT2D eigenvalue weighted by Crippen LogP contribution is -2.23. The summed E-state index contributed by atoms with van der Waals surface area (Å²) in [6.45, 7) is 4.08. The first-order chi connectivity index (χ1) is 9.10. The fourth-order valence-electron chi connectivity index (χ4n) is 2.89. The Morgan fingerprint density at radius 2 is 2.00 bits per heavy atom. The van der Waals surface area contributed by atoms with Crippen molar-refractivity contribution in [2.45, 2.75) is 20.3 Å². The van der Waals surface area contributed by atoms with Crippen LogP contribution in [0.2, 0.25) is 0 Å². The molecule has 0 fully saturated rings. The molecule has 3 heteroatoms. The summed E-state index contributed by atoms with van der Waals surface area (Å²) in [6, 6.07) is 7.27. The Hall–Kier alpha value is -2.03. The lowest BCUT2D eigenvalue weighted by Gasteiger charge is -2.19. The number of Topliss-reactive ketones (excluding diaryl/α,β-unsaturated/α-hetero) is 1. The molecule has 0 saturated carbocycles. The van der Waals surface area contributed by atoms with E-state index >= 15 is 0 Å². The molecule has 2 heterocycles. The lowest BCUT2D eigenvalue weighted by molar-refractivity contribution is 0.0831. The van der Waals surface area contributed by atoms with E-state index in [1.165, 1.54) is 6.26 Å². The van der Waals surface area contributed by atoms with Crippen LogP contribution >= 0.6 is 0 Å². The minimum atomic E-state index is -0.514. The van der Waals surface area contributed by atoms with Gasteiger partial charge in [-0.3, -0.25) is 4.79 Å². The molecular weight excluding hydrogens is 240 g/mol. The SMILES string of the molecule is C[C@@H]1C[C@](C)(C(=O)c2ccco2)C=C1c1ccco1. The molecule has 0 saturated heterocycles. The van der Waals surface area contributed by atoms with Crippen molar-refractivity contribution >= 4 is 11.4 Å². The van der Waals surface area contributed by atoms with Gasteiger partial charge in [0.05, 0.1) is 17.9 Å². The van der Waals surface area contributed by atoms with Crippen molar-refractivity contribution in [3.63, 3.8) is 0 Å². The van der Waals surface area contributed by atoms with E-state index in [2.05, 4.69) is 6.92 Å². The van der Waals surface area contributed by atoms with Crippen molar-refractivity contribution in [1.82, 2.24) is 0 Å². The van der Waals surface area contributed by atoms with Crippen LogP contribution in [0.1, 0.15) is 36.6 Å². The van der Waals surface area contributed by atoms with Gasteiger partial charge in [-0.25, -0.2) is 0 Å². The smallest absolute Gasteiger partial charge is 0.207 e. The standard InChI is InChI=1S/C16H16O3/c1-11-9-16(2,15(17)14-6-4-8-19-14)10-12(11)13-5-3-7-18-13/h3-8,10-11H,9H2,1-2H3/t11-,16+/m1/s1. The number of rotatable bonds is 3. The van der Waals surface area contributed by atoms with E-state index in [0.29, 0.717) is 11.7 Å². The topological polar surface area (TPSA) is 43.4 Å². The van der Waals surface area contributed by atoms with Crippen LogP contribution in [-0.2, 0) is 0 Å². The van der Waals surface area contributed by atoms with Crippen molar-refractivity contribution in [3.05, 3.63) is 54.4 Å². The average molecular weight is 256 g/mol. The monoisotopic (exact) mass is 256 g/mol. The van der Waals surface area contributed by atoms with E-state index in [0.717, 1.165) is 17.8 Å². The van der Waals surface area contributed by atoms with Gasteiger partial charge in [-0.05, 0) is 49.1 Å². The molecule has 0 N–H and O–H groups in total. The molecular formula is C16H16O3. The predicted octanol–water partition coefficient (Wildman–Crippen LogP) is 4.19. The summed E-state index contributed by atoms with van der Waals surface area (Å²) in [6.07, 6.45) is 6.00. The molecule has 3 rings (SSSR count). The molecule has 0 bridgehead atoms.